The molecule has 3 heterocycles. The van der Waals surface area contributed by atoms with Crippen LogP contribution in [0.3, 0.4) is 0 Å². The molecule has 8 heteroatoms. The van der Waals surface area contributed by atoms with Gasteiger partial charge in [0.05, 0.1) is 39.8 Å². The molecule has 1 saturated heterocycles. The van der Waals surface area contributed by atoms with Gasteiger partial charge >= 0.3 is 5.97 Å². The highest BCUT2D eigenvalue weighted by Crippen LogP contribution is 2.38. The second-order valence-corrected chi connectivity index (χ2v) is 8.71. The number of hydrogen-bond acceptors (Lipinski definition) is 5. The number of rotatable bonds is 5. The zero-order valence-electron chi connectivity index (χ0n) is 18.0. The maximum absolute atomic E-state index is 13.0. The molecule has 4 rings (SSSR count). The number of aryl methyl sites for hydroxylation is 1. The monoisotopic (exact) mass is 445 g/mol. The first-order valence-electron chi connectivity index (χ1n) is 10.9. The van der Waals surface area contributed by atoms with Crippen molar-refractivity contribution < 1.29 is 19.1 Å². The summed E-state index contributed by atoms with van der Waals surface area (Å²) in [4.78, 5) is 25.5. The molecule has 0 radical (unpaired) electrons. The fraction of sp³-hybridized carbons (Fsp3) is 0.522. The van der Waals surface area contributed by atoms with E-state index in [2.05, 4.69) is 5.32 Å². The molecule has 1 amide bonds. The number of benzene rings is 1. The van der Waals surface area contributed by atoms with Gasteiger partial charge in [-0.2, -0.15) is 5.10 Å². The van der Waals surface area contributed by atoms with Gasteiger partial charge < -0.3 is 14.8 Å². The molecule has 2 aliphatic heterocycles. The van der Waals surface area contributed by atoms with E-state index in [4.69, 9.17) is 26.2 Å². The molecule has 2 aromatic rings. The molecule has 0 unspecified atom stereocenters. The number of amides is 1. The minimum Gasteiger partial charge on any atom is -0.462 e. The van der Waals surface area contributed by atoms with Gasteiger partial charge in [0.1, 0.15) is 0 Å². The Morgan fingerprint density at radius 1 is 1.32 bits per heavy atom. The van der Waals surface area contributed by atoms with Gasteiger partial charge in [0, 0.05) is 19.8 Å². The van der Waals surface area contributed by atoms with Crippen LogP contribution < -0.4 is 5.32 Å². The number of aromatic nitrogens is 2. The third kappa shape index (κ3) is 4.21. The van der Waals surface area contributed by atoms with Crippen LogP contribution in [0.4, 0.5) is 0 Å². The summed E-state index contributed by atoms with van der Waals surface area (Å²) in [5.41, 5.74) is 3.11. The van der Waals surface area contributed by atoms with Gasteiger partial charge in [0.2, 0.25) is 0 Å². The Labute approximate surface area is 187 Å². The van der Waals surface area contributed by atoms with Crippen molar-refractivity contribution in [2.24, 2.45) is 5.41 Å². The number of ether oxygens (including phenoxy) is 2. The zero-order valence-corrected chi connectivity index (χ0v) is 18.8. The van der Waals surface area contributed by atoms with E-state index in [1.54, 1.807) is 22.9 Å². The number of carbonyl (C=O) groups is 2. The number of carbonyl (C=O) groups excluding carboxylic acids is 2. The van der Waals surface area contributed by atoms with Crippen LogP contribution in [0.2, 0.25) is 5.02 Å². The summed E-state index contributed by atoms with van der Waals surface area (Å²) < 4.78 is 12.6. The summed E-state index contributed by atoms with van der Waals surface area (Å²) >= 11 is 6.56. The van der Waals surface area contributed by atoms with E-state index in [-0.39, 0.29) is 11.3 Å². The van der Waals surface area contributed by atoms with Crippen LogP contribution in [0, 0.1) is 5.41 Å². The number of fused-ring (bicyclic) bond motifs is 1. The molecule has 0 bridgehead atoms. The average molecular weight is 446 g/mol. The second-order valence-electron chi connectivity index (χ2n) is 8.31. The number of hydrogen-bond donors (Lipinski definition) is 1. The first kappa shape index (κ1) is 21.8. The Bertz CT molecular complexity index is 995. The third-order valence-electron chi connectivity index (χ3n) is 6.18. The predicted molar refractivity (Wildman–Crippen MR) is 117 cm³/mol. The Hall–Kier alpha value is -2.38. The molecule has 166 valence electrons. The minimum absolute atomic E-state index is 0.0773. The van der Waals surface area contributed by atoms with Crippen molar-refractivity contribution in [3.63, 3.8) is 0 Å². The van der Waals surface area contributed by atoms with Gasteiger partial charge in [0.25, 0.3) is 5.91 Å². The van der Waals surface area contributed by atoms with Gasteiger partial charge in [-0.1, -0.05) is 25.4 Å². The first-order chi connectivity index (χ1) is 15.0. The van der Waals surface area contributed by atoms with E-state index in [0.29, 0.717) is 61.0 Å². The van der Waals surface area contributed by atoms with Crippen LogP contribution in [0.5, 0.6) is 0 Å². The van der Waals surface area contributed by atoms with Crippen molar-refractivity contribution in [3.8, 4) is 5.69 Å². The van der Waals surface area contributed by atoms with Crippen molar-refractivity contribution in [2.45, 2.75) is 46.0 Å². The number of nitrogens with zero attached hydrogens (tertiary/aromatic N) is 2. The lowest BCUT2D eigenvalue weighted by molar-refractivity contribution is 0.0155. The lowest BCUT2D eigenvalue weighted by Gasteiger charge is -2.36. The van der Waals surface area contributed by atoms with Gasteiger partial charge in [-0.05, 0) is 55.7 Å². The Morgan fingerprint density at radius 2 is 2.10 bits per heavy atom. The summed E-state index contributed by atoms with van der Waals surface area (Å²) in [6, 6.07) is 5.03. The SMILES string of the molecule is CCCOC(=O)c1ccc(Cl)c(-n2nc(CC)c3c2CC2(CCOCC2)CNC3=O)c1. The van der Waals surface area contributed by atoms with Crippen LogP contribution in [0.25, 0.3) is 5.69 Å². The normalized spacial score (nSPS) is 17.7. The van der Waals surface area contributed by atoms with Gasteiger partial charge in [-0.3, -0.25) is 4.79 Å². The molecular formula is C23H28ClN3O4. The standard InChI is InChI=1S/C23H28ClN3O4/c1-3-9-31-22(29)15-5-6-16(24)18(12-15)27-19-13-23(7-10-30-11-8-23)14-25-21(28)20(19)17(4-2)26-27/h5-6,12H,3-4,7-11,13-14H2,1-2H3,(H,25,28). The summed E-state index contributed by atoms with van der Waals surface area (Å²) in [5, 5.41) is 8.34. The Kier molecular flexibility index (Phi) is 6.34. The fourth-order valence-corrected chi connectivity index (χ4v) is 4.59. The quantitative estimate of drug-likeness (QED) is 0.709. The van der Waals surface area contributed by atoms with E-state index in [0.717, 1.165) is 30.7 Å². The summed E-state index contributed by atoms with van der Waals surface area (Å²) in [5.74, 6) is -0.497. The number of esters is 1. The molecule has 1 spiro atoms. The maximum atomic E-state index is 13.0. The lowest BCUT2D eigenvalue weighted by Crippen LogP contribution is -2.40. The molecule has 7 nitrogen and oxygen atoms in total. The van der Waals surface area contributed by atoms with Gasteiger partial charge in [-0.15, -0.1) is 0 Å². The highest BCUT2D eigenvalue weighted by molar-refractivity contribution is 6.32. The topological polar surface area (TPSA) is 82.5 Å². The van der Waals surface area contributed by atoms with E-state index in [9.17, 15) is 9.59 Å². The summed E-state index contributed by atoms with van der Waals surface area (Å²) in [6.45, 7) is 6.26. The number of halogens is 1. The van der Waals surface area contributed by atoms with Crippen LogP contribution in [0.1, 0.15) is 65.2 Å². The highest BCUT2D eigenvalue weighted by atomic mass is 35.5. The summed E-state index contributed by atoms with van der Waals surface area (Å²) in [7, 11) is 0. The molecule has 0 aliphatic carbocycles. The molecule has 1 aromatic carbocycles. The highest BCUT2D eigenvalue weighted by Gasteiger charge is 2.40. The smallest absolute Gasteiger partial charge is 0.338 e. The lowest BCUT2D eigenvalue weighted by atomic mass is 9.76. The van der Waals surface area contributed by atoms with Crippen LogP contribution in [0.15, 0.2) is 18.2 Å². The molecule has 2 aliphatic rings. The summed E-state index contributed by atoms with van der Waals surface area (Å²) in [6.07, 6.45) is 3.81. The van der Waals surface area contributed by atoms with E-state index in [1.165, 1.54) is 0 Å². The predicted octanol–water partition coefficient (Wildman–Crippen LogP) is 3.74. The zero-order chi connectivity index (χ0) is 22.0. The molecule has 0 atom stereocenters. The van der Waals surface area contributed by atoms with Crippen molar-refractivity contribution in [2.75, 3.05) is 26.4 Å². The molecular weight excluding hydrogens is 418 g/mol. The third-order valence-corrected chi connectivity index (χ3v) is 6.50. The van der Waals surface area contributed by atoms with E-state index >= 15 is 0 Å². The maximum Gasteiger partial charge on any atom is 0.338 e. The first-order valence-corrected chi connectivity index (χ1v) is 11.3. The van der Waals surface area contributed by atoms with E-state index < -0.39 is 5.97 Å². The van der Waals surface area contributed by atoms with E-state index in [1.807, 2.05) is 13.8 Å². The van der Waals surface area contributed by atoms with Crippen molar-refractivity contribution in [1.82, 2.24) is 15.1 Å². The fourth-order valence-electron chi connectivity index (χ4n) is 4.39. The van der Waals surface area contributed by atoms with Crippen molar-refractivity contribution >= 4 is 23.5 Å². The molecule has 1 fully saturated rings. The molecule has 0 saturated carbocycles. The van der Waals surface area contributed by atoms with Crippen molar-refractivity contribution in [1.29, 1.82) is 0 Å². The largest absolute Gasteiger partial charge is 0.462 e. The molecule has 1 aromatic heterocycles. The van der Waals surface area contributed by atoms with Crippen LogP contribution in [-0.4, -0.2) is 48.0 Å². The molecule has 31 heavy (non-hydrogen) atoms. The Morgan fingerprint density at radius 3 is 2.81 bits per heavy atom. The van der Waals surface area contributed by atoms with Crippen LogP contribution >= 0.6 is 11.6 Å². The van der Waals surface area contributed by atoms with Crippen LogP contribution in [-0.2, 0) is 22.3 Å². The Balaban J connectivity index is 1.82. The number of nitrogens with one attached hydrogen (secondary N) is 1. The van der Waals surface area contributed by atoms with Crippen molar-refractivity contribution in [3.05, 3.63) is 45.7 Å². The van der Waals surface area contributed by atoms with Gasteiger partial charge in [0.15, 0.2) is 0 Å². The van der Waals surface area contributed by atoms with Gasteiger partial charge in [-0.25, -0.2) is 9.48 Å². The minimum atomic E-state index is -0.396. The second kappa shape index (κ2) is 9.01. The molecule has 1 N–H and O–H groups in total. The average Bonchev–Trinajstić information content (AvgIpc) is 3.08.